The molecule has 0 spiro atoms. The zero-order chi connectivity index (χ0) is 14.9. The second-order valence-electron chi connectivity index (χ2n) is 7.00. The first kappa shape index (κ1) is 14.9. The fraction of sp³-hybridized carbons (Fsp3) is 0.667. The first-order chi connectivity index (χ1) is 10.1. The molecule has 0 unspecified atom stereocenters. The van der Waals surface area contributed by atoms with Crippen molar-refractivity contribution in [2.75, 3.05) is 37.6 Å². The average molecular weight is 287 g/mol. The first-order valence-electron chi connectivity index (χ1n) is 8.44. The van der Waals surface area contributed by atoms with Crippen LogP contribution in [0.4, 0.5) is 5.69 Å². The maximum Gasteiger partial charge on any atom is 0.0367 e. The Labute approximate surface area is 129 Å². The van der Waals surface area contributed by atoms with Gasteiger partial charge < -0.3 is 10.6 Å². The van der Waals surface area contributed by atoms with Crippen molar-refractivity contribution in [1.29, 1.82) is 0 Å². The number of benzene rings is 1. The van der Waals surface area contributed by atoms with E-state index < -0.39 is 0 Å². The number of piperazine rings is 1. The predicted molar refractivity (Wildman–Crippen MR) is 89.9 cm³/mol. The predicted octanol–water partition coefficient (Wildman–Crippen LogP) is 2.60. The van der Waals surface area contributed by atoms with E-state index in [1.54, 1.807) is 0 Å². The van der Waals surface area contributed by atoms with Crippen LogP contribution in [0.2, 0.25) is 0 Å². The van der Waals surface area contributed by atoms with Gasteiger partial charge in [0.05, 0.1) is 0 Å². The molecule has 1 aliphatic carbocycles. The Bertz CT molecular complexity index is 448. The average Bonchev–Trinajstić information content (AvgIpc) is 2.48. The van der Waals surface area contributed by atoms with Crippen molar-refractivity contribution in [2.45, 2.75) is 44.6 Å². The van der Waals surface area contributed by atoms with Crippen LogP contribution in [0, 0.1) is 0 Å². The van der Waals surface area contributed by atoms with Crippen LogP contribution in [0.1, 0.15) is 38.7 Å². The Morgan fingerprint density at radius 1 is 1.05 bits per heavy atom. The number of nitrogens with two attached hydrogens (primary N) is 1. The Morgan fingerprint density at radius 2 is 1.67 bits per heavy atom. The fourth-order valence-electron chi connectivity index (χ4n) is 3.74. The zero-order valence-corrected chi connectivity index (χ0v) is 13.5. The van der Waals surface area contributed by atoms with Gasteiger partial charge in [-0.15, -0.1) is 0 Å². The second-order valence-corrected chi connectivity index (χ2v) is 7.00. The molecule has 1 aromatic carbocycles. The summed E-state index contributed by atoms with van der Waals surface area (Å²) < 4.78 is 0. The third kappa shape index (κ3) is 2.82. The second kappa shape index (κ2) is 5.98. The van der Waals surface area contributed by atoms with Gasteiger partial charge in [-0.2, -0.15) is 0 Å². The molecule has 1 saturated carbocycles. The van der Waals surface area contributed by atoms with E-state index in [9.17, 15) is 0 Å². The topological polar surface area (TPSA) is 32.5 Å². The number of nitrogens with zero attached hydrogens (tertiary/aromatic N) is 2. The maximum atomic E-state index is 6.01. The lowest BCUT2D eigenvalue weighted by Crippen LogP contribution is -2.49. The molecule has 1 saturated heterocycles. The van der Waals surface area contributed by atoms with Crippen molar-refractivity contribution in [3.63, 3.8) is 0 Å². The summed E-state index contributed by atoms with van der Waals surface area (Å²) in [6.45, 7) is 9.99. The van der Waals surface area contributed by atoms with Gasteiger partial charge in [-0.1, -0.05) is 18.6 Å². The van der Waals surface area contributed by atoms with E-state index in [1.807, 2.05) is 0 Å². The fourth-order valence-corrected chi connectivity index (χ4v) is 3.74. The van der Waals surface area contributed by atoms with Crippen LogP contribution in [0.5, 0.6) is 0 Å². The summed E-state index contributed by atoms with van der Waals surface area (Å²) in [4.78, 5) is 5.07. The molecule has 3 nitrogen and oxygen atoms in total. The molecule has 116 valence electrons. The van der Waals surface area contributed by atoms with Gasteiger partial charge in [0.2, 0.25) is 0 Å². The van der Waals surface area contributed by atoms with E-state index in [4.69, 9.17) is 5.73 Å². The van der Waals surface area contributed by atoms with Crippen LogP contribution in [0.3, 0.4) is 0 Å². The zero-order valence-electron chi connectivity index (χ0n) is 13.5. The van der Waals surface area contributed by atoms with Crippen LogP contribution in [-0.4, -0.2) is 43.7 Å². The van der Waals surface area contributed by atoms with Crippen molar-refractivity contribution in [2.24, 2.45) is 5.73 Å². The number of hydrogen-bond donors (Lipinski definition) is 1. The minimum atomic E-state index is 0.287. The van der Waals surface area contributed by atoms with Gasteiger partial charge in [-0.25, -0.2) is 0 Å². The monoisotopic (exact) mass is 287 g/mol. The third-order valence-electron chi connectivity index (χ3n) is 5.59. The van der Waals surface area contributed by atoms with Crippen LogP contribution < -0.4 is 10.6 Å². The molecule has 2 N–H and O–H groups in total. The summed E-state index contributed by atoms with van der Waals surface area (Å²) >= 11 is 0. The molecule has 1 aromatic rings. The smallest absolute Gasteiger partial charge is 0.0367 e. The summed E-state index contributed by atoms with van der Waals surface area (Å²) in [7, 11) is 0. The molecule has 1 heterocycles. The van der Waals surface area contributed by atoms with Crippen molar-refractivity contribution in [3.8, 4) is 0 Å². The normalized spacial score (nSPS) is 22.4. The molecular formula is C18H29N3. The van der Waals surface area contributed by atoms with Gasteiger partial charge in [0.25, 0.3) is 0 Å². The molecule has 2 fully saturated rings. The van der Waals surface area contributed by atoms with E-state index in [-0.39, 0.29) is 5.41 Å². The van der Waals surface area contributed by atoms with Crippen molar-refractivity contribution in [3.05, 3.63) is 29.8 Å². The van der Waals surface area contributed by atoms with E-state index in [2.05, 4.69) is 47.9 Å². The summed E-state index contributed by atoms with van der Waals surface area (Å²) in [5.74, 6) is 0. The Morgan fingerprint density at radius 3 is 2.10 bits per heavy atom. The summed E-state index contributed by atoms with van der Waals surface area (Å²) in [5, 5.41) is 0. The minimum absolute atomic E-state index is 0.287. The minimum Gasteiger partial charge on any atom is -0.369 e. The standard InChI is InChI=1S/C18H29N3/c1-15(2)20-10-12-21(13-11-20)17-6-4-16(5-7-17)18(14-19)8-3-9-18/h4-7,15H,3,8-14,19H2,1-2H3. The van der Waals surface area contributed by atoms with Crippen molar-refractivity contribution in [1.82, 2.24) is 4.90 Å². The lowest BCUT2D eigenvalue weighted by atomic mass is 9.64. The SMILES string of the molecule is CC(C)N1CCN(c2ccc(C3(CN)CCC3)cc2)CC1. The Hall–Kier alpha value is -1.06. The Kier molecular flexibility index (Phi) is 4.23. The Balaban J connectivity index is 1.65. The molecule has 0 bridgehead atoms. The summed E-state index contributed by atoms with van der Waals surface area (Å²) in [6, 6.07) is 9.90. The number of rotatable bonds is 4. The van der Waals surface area contributed by atoms with Gasteiger partial charge in [-0.05, 0) is 44.4 Å². The van der Waals surface area contributed by atoms with Crippen molar-refractivity contribution < 1.29 is 0 Å². The highest BCUT2D eigenvalue weighted by molar-refractivity contribution is 5.49. The van der Waals surface area contributed by atoms with E-state index in [0.29, 0.717) is 6.04 Å². The van der Waals surface area contributed by atoms with Crippen LogP contribution in [-0.2, 0) is 5.41 Å². The summed E-state index contributed by atoms with van der Waals surface area (Å²) in [6.07, 6.45) is 3.85. The summed E-state index contributed by atoms with van der Waals surface area (Å²) in [5.41, 5.74) is 9.11. The highest BCUT2D eigenvalue weighted by Gasteiger charge is 2.37. The molecule has 0 radical (unpaired) electrons. The maximum absolute atomic E-state index is 6.01. The van der Waals surface area contributed by atoms with E-state index >= 15 is 0 Å². The van der Waals surface area contributed by atoms with Crippen LogP contribution in [0.25, 0.3) is 0 Å². The quantitative estimate of drug-likeness (QED) is 0.924. The van der Waals surface area contributed by atoms with Gasteiger partial charge in [-0.3, -0.25) is 4.90 Å². The molecule has 0 aromatic heterocycles. The highest BCUT2D eigenvalue weighted by atomic mass is 15.3. The van der Waals surface area contributed by atoms with Gasteiger partial charge in [0.1, 0.15) is 0 Å². The van der Waals surface area contributed by atoms with Gasteiger partial charge >= 0.3 is 0 Å². The van der Waals surface area contributed by atoms with Gasteiger partial charge in [0, 0.05) is 49.9 Å². The number of anilines is 1. The van der Waals surface area contributed by atoms with Gasteiger partial charge in [0.15, 0.2) is 0 Å². The van der Waals surface area contributed by atoms with E-state index in [1.165, 1.54) is 43.6 Å². The largest absolute Gasteiger partial charge is 0.369 e. The molecule has 0 amide bonds. The molecule has 2 aliphatic rings. The lowest BCUT2D eigenvalue weighted by Gasteiger charge is -2.42. The molecular weight excluding hydrogens is 258 g/mol. The molecule has 1 aliphatic heterocycles. The van der Waals surface area contributed by atoms with Crippen molar-refractivity contribution >= 4 is 5.69 Å². The molecule has 21 heavy (non-hydrogen) atoms. The highest BCUT2D eigenvalue weighted by Crippen LogP contribution is 2.43. The van der Waals surface area contributed by atoms with E-state index in [0.717, 1.165) is 19.6 Å². The molecule has 0 atom stereocenters. The van der Waals surface area contributed by atoms with Crippen LogP contribution >= 0.6 is 0 Å². The van der Waals surface area contributed by atoms with Crippen LogP contribution in [0.15, 0.2) is 24.3 Å². The number of hydrogen-bond acceptors (Lipinski definition) is 3. The molecule has 3 rings (SSSR count). The lowest BCUT2D eigenvalue weighted by molar-refractivity contribution is 0.209. The third-order valence-corrected chi connectivity index (χ3v) is 5.59. The first-order valence-corrected chi connectivity index (χ1v) is 8.44. The molecule has 3 heteroatoms.